The summed E-state index contributed by atoms with van der Waals surface area (Å²) in [5.74, 6) is 0.875. The van der Waals surface area contributed by atoms with E-state index in [0.717, 1.165) is 42.0 Å². The number of morpholine rings is 1. The lowest BCUT2D eigenvalue weighted by molar-refractivity contribution is -0.0681. The molecule has 1 N–H and O–H groups in total. The molecule has 5 nitrogen and oxygen atoms in total. The second kappa shape index (κ2) is 10.1. The fourth-order valence-electron chi connectivity index (χ4n) is 4.12. The van der Waals surface area contributed by atoms with Crippen molar-refractivity contribution in [3.8, 4) is 5.75 Å². The topological polar surface area (TPSA) is 46.6 Å². The average molecular weight is 386 g/mol. The zero-order valence-electron chi connectivity index (χ0n) is 17.8. The SMILES string of the molecule is COc1cc(NCCCCCCN2CC(C)OC(C)C2)c2nccc(C)c2c1. The van der Waals surface area contributed by atoms with Gasteiger partial charge in [0.2, 0.25) is 0 Å². The second-order valence-corrected chi connectivity index (χ2v) is 8.06. The highest BCUT2D eigenvalue weighted by molar-refractivity contribution is 5.93. The number of hydrogen-bond donors (Lipinski definition) is 1. The Morgan fingerprint density at radius 1 is 1.14 bits per heavy atom. The van der Waals surface area contributed by atoms with Crippen molar-refractivity contribution in [2.45, 2.75) is 58.7 Å². The van der Waals surface area contributed by atoms with Crippen molar-refractivity contribution in [3.05, 3.63) is 30.0 Å². The fourth-order valence-corrected chi connectivity index (χ4v) is 4.12. The van der Waals surface area contributed by atoms with E-state index in [2.05, 4.69) is 48.1 Å². The van der Waals surface area contributed by atoms with Crippen LogP contribution in [0.15, 0.2) is 24.4 Å². The molecule has 0 bridgehead atoms. The van der Waals surface area contributed by atoms with Crippen molar-refractivity contribution >= 4 is 16.6 Å². The monoisotopic (exact) mass is 385 g/mol. The smallest absolute Gasteiger partial charge is 0.121 e. The molecule has 2 aromatic rings. The molecule has 1 aromatic carbocycles. The number of benzene rings is 1. The van der Waals surface area contributed by atoms with Crippen molar-refractivity contribution in [2.24, 2.45) is 0 Å². The minimum absolute atomic E-state index is 0.364. The van der Waals surface area contributed by atoms with Gasteiger partial charge in [0.05, 0.1) is 30.5 Å². The quantitative estimate of drug-likeness (QED) is 0.638. The molecule has 5 heteroatoms. The van der Waals surface area contributed by atoms with Gasteiger partial charge >= 0.3 is 0 Å². The molecule has 0 aliphatic carbocycles. The number of hydrogen-bond acceptors (Lipinski definition) is 5. The van der Waals surface area contributed by atoms with Gasteiger partial charge in [0.1, 0.15) is 5.75 Å². The van der Waals surface area contributed by atoms with Crippen LogP contribution in [-0.2, 0) is 4.74 Å². The number of unbranched alkanes of at least 4 members (excludes halogenated alkanes) is 3. The minimum Gasteiger partial charge on any atom is -0.497 e. The van der Waals surface area contributed by atoms with E-state index in [9.17, 15) is 0 Å². The fraction of sp³-hybridized carbons (Fsp3) is 0.609. The molecular formula is C23H35N3O2. The summed E-state index contributed by atoms with van der Waals surface area (Å²) in [7, 11) is 1.71. The molecule has 154 valence electrons. The second-order valence-electron chi connectivity index (χ2n) is 8.06. The predicted molar refractivity (Wildman–Crippen MR) is 116 cm³/mol. The van der Waals surface area contributed by atoms with Crippen molar-refractivity contribution in [2.75, 3.05) is 38.6 Å². The lowest BCUT2D eigenvalue weighted by Crippen LogP contribution is -2.45. The van der Waals surface area contributed by atoms with Crippen LogP contribution in [0, 0.1) is 6.92 Å². The highest BCUT2D eigenvalue weighted by atomic mass is 16.5. The van der Waals surface area contributed by atoms with Crippen LogP contribution in [0.3, 0.4) is 0 Å². The number of ether oxygens (including phenoxy) is 2. The molecule has 1 fully saturated rings. The highest BCUT2D eigenvalue weighted by Crippen LogP contribution is 2.29. The summed E-state index contributed by atoms with van der Waals surface area (Å²) in [6.07, 6.45) is 7.56. The van der Waals surface area contributed by atoms with Crippen LogP contribution >= 0.6 is 0 Å². The summed E-state index contributed by atoms with van der Waals surface area (Å²) in [6.45, 7) is 10.8. The van der Waals surface area contributed by atoms with Crippen LogP contribution in [0.4, 0.5) is 5.69 Å². The normalized spacial score (nSPS) is 20.4. The first-order chi connectivity index (χ1) is 13.6. The Morgan fingerprint density at radius 2 is 1.89 bits per heavy atom. The molecule has 0 saturated carbocycles. The van der Waals surface area contributed by atoms with E-state index in [0.29, 0.717) is 12.2 Å². The van der Waals surface area contributed by atoms with E-state index in [1.54, 1.807) is 7.11 Å². The first kappa shape index (κ1) is 20.9. The maximum Gasteiger partial charge on any atom is 0.121 e. The van der Waals surface area contributed by atoms with Crippen LogP contribution in [-0.4, -0.2) is 55.4 Å². The van der Waals surface area contributed by atoms with Gasteiger partial charge in [0, 0.05) is 37.3 Å². The summed E-state index contributed by atoms with van der Waals surface area (Å²) in [5, 5.41) is 4.72. The van der Waals surface area contributed by atoms with Crippen LogP contribution < -0.4 is 10.1 Å². The lowest BCUT2D eigenvalue weighted by Gasteiger charge is -2.35. The van der Waals surface area contributed by atoms with Gasteiger partial charge in [-0.15, -0.1) is 0 Å². The minimum atomic E-state index is 0.364. The Morgan fingerprint density at radius 3 is 2.64 bits per heavy atom. The number of nitrogens with zero attached hydrogens (tertiary/aromatic N) is 2. The van der Waals surface area contributed by atoms with Gasteiger partial charge in [-0.25, -0.2) is 0 Å². The maximum absolute atomic E-state index is 5.81. The van der Waals surface area contributed by atoms with Crippen molar-refractivity contribution in [1.82, 2.24) is 9.88 Å². The van der Waals surface area contributed by atoms with Gasteiger partial charge in [0.25, 0.3) is 0 Å². The van der Waals surface area contributed by atoms with Gasteiger partial charge in [-0.05, 0) is 57.9 Å². The number of methoxy groups -OCH3 is 1. The van der Waals surface area contributed by atoms with E-state index in [-0.39, 0.29) is 0 Å². The van der Waals surface area contributed by atoms with E-state index >= 15 is 0 Å². The summed E-state index contributed by atoms with van der Waals surface area (Å²) in [6, 6.07) is 6.16. The van der Waals surface area contributed by atoms with Gasteiger partial charge in [0.15, 0.2) is 0 Å². The molecule has 2 unspecified atom stereocenters. The number of aryl methyl sites for hydroxylation is 1. The van der Waals surface area contributed by atoms with E-state index in [1.165, 1.54) is 37.8 Å². The Hall–Kier alpha value is -1.85. The molecule has 1 aliphatic rings. The first-order valence-corrected chi connectivity index (χ1v) is 10.6. The molecule has 28 heavy (non-hydrogen) atoms. The molecule has 1 aromatic heterocycles. The lowest BCUT2D eigenvalue weighted by atomic mass is 10.1. The van der Waals surface area contributed by atoms with E-state index in [1.807, 2.05) is 12.3 Å². The summed E-state index contributed by atoms with van der Waals surface area (Å²) < 4.78 is 11.3. The Kier molecular flexibility index (Phi) is 7.51. The zero-order valence-corrected chi connectivity index (χ0v) is 17.8. The first-order valence-electron chi connectivity index (χ1n) is 10.6. The zero-order chi connectivity index (χ0) is 19.9. The van der Waals surface area contributed by atoms with Gasteiger partial charge in [-0.2, -0.15) is 0 Å². The summed E-state index contributed by atoms with van der Waals surface area (Å²) >= 11 is 0. The maximum atomic E-state index is 5.81. The van der Waals surface area contributed by atoms with Crippen LogP contribution in [0.5, 0.6) is 5.75 Å². The van der Waals surface area contributed by atoms with E-state index in [4.69, 9.17) is 9.47 Å². The Balaban J connectivity index is 1.41. The highest BCUT2D eigenvalue weighted by Gasteiger charge is 2.21. The van der Waals surface area contributed by atoms with Crippen molar-refractivity contribution < 1.29 is 9.47 Å². The van der Waals surface area contributed by atoms with Gasteiger partial charge in [-0.1, -0.05) is 12.8 Å². The Labute approximate surface area is 169 Å². The largest absolute Gasteiger partial charge is 0.497 e. The predicted octanol–water partition coefficient (Wildman–Crippen LogP) is 4.63. The number of aromatic nitrogens is 1. The molecule has 0 amide bonds. The van der Waals surface area contributed by atoms with Crippen LogP contribution in [0.2, 0.25) is 0 Å². The van der Waals surface area contributed by atoms with Gasteiger partial charge in [-0.3, -0.25) is 9.88 Å². The molecule has 1 saturated heterocycles. The third-order valence-electron chi connectivity index (χ3n) is 5.48. The molecule has 2 atom stereocenters. The molecule has 3 rings (SSSR count). The van der Waals surface area contributed by atoms with Crippen molar-refractivity contribution in [3.63, 3.8) is 0 Å². The van der Waals surface area contributed by atoms with Crippen molar-refractivity contribution in [1.29, 1.82) is 0 Å². The molecular weight excluding hydrogens is 350 g/mol. The number of fused-ring (bicyclic) bond motifs is 1. The molecule has 1 aliphatic heterocycles. The number of nitrogens with one attached hydrogen (secondary N) is 1. The molecule has 0 spiro atoms. The molecule has 0 radical (unpaired) electrons. The third-order valence-corrected chi connectivity index (χ3v) is 5.48. The molecule has 2 heterocycles. The number of rotatable bonds is 9. The van der Waals surface area contributed by atoms with Crippen LogP contribution in [0.25, 0.3) is 10.9 Å². The Bertz CT molecular complexity index is 755. The summed E-state index contributed by atoms with van der Waals surface area (Å²) in [4.78, 5) is 7.12. The number of anilines is 1. The van der Waals surface area contributed by atoms with E-state index < -0.39 is 0 Å². The standard InChI is InChI=1S/C23H35N3O2/c1-17-9-11-25-23-21(17)13-20(27-4)14-22(23)24-10-7-5-6-8-12-26-15-18(2)28-19(3)16-26/h9,11,13-14,18-19,24H,5-8,10,12,15-16H2,1-4H3. The summed E-state index contributed by atoms with van der Waals surface area (Å²) in [5.41, 5.74) is 3.31. The third kappa shape index (κ3) is 5.58. The average Bonchev–Trinajstić information content (AvgIpc) is 2.66. The van der Waals surface area contributed by atoms with Crippen LogP contribution in [0.1, 0.15) is 45.1 Å². The number of pyridine rings is 1. The van der Waals surface area contributed by atoms with Gasteiger partial charge < -0.3 is 14.8 Å².